The van der Waals surface area contributed by atoms with Crippen LogP contribution in [0, 0.1) is 0 Å². The molecular formula is C24H37BN2O6. The molecule has 1 aromatic rings. The van der Waals surface area contributed by atoms with E-state index in [4.69, 9.17) is 18.8 Å². The van der Waals surface area contributed by atoms with Crippen LogP contribution >= 0.6 is 0 Å². The number of rotatable bonds is 3. The lowest BCUT2D eigenvalue weighted by molar-refractivity contribution is 0.00193. The van der Waals surface area contributed by atoms with Gasteiger partial charge in [-0.25, -0.2) is 4.79 Å². The third-order valence-corrected chi connectivity index (χ3v) is 6.52. The van der Waals surface area contributed by atoms with E-state index in [0.29, 0.717) is 30.9 Å². The number of ether oxygens (including phenoxy) is 2. The lowest BCUT2D eigenvalue weighted by atomic mass is 9.78. The molecule has 1 aromatic carbocycles. The first-order chi connectivity index (χ1) is 15.1. The van der Waals surface area contributed by atoms with Crippen molar-refractivity contribution in [2.45, 2.75) is 78.2 Å². The largest absolute Gasteiger partial charge is 0.496 e. The van der Waals surface area contributed by atoms with Crippen LogP contribution in [0.25, 0.3) is 0 Å². The number of nitrogens with zero attached hydrogens (tertiary/aromatic N) is 2. The molecule has 3 rings (SSSR count). The van der Waals surface area contributed by atoms with Crippen LogP contribution in [0.2, 0.25) is 0 Å². The van der Waals surface area contributed by atoms with Crippen LogP contribution < -0.4 is 10.2 Å². The van der Waals surface area contributed by atoms with Crippen LogP contribution in [-0.4, -0.2) is 78.5 Å². The van der Waals surface area contributed by atoms with Gasteiger partial charge in [0.1, 0.15) is 11.4 Å². The van der Waals surface area contributed by atoms with Crippen molar-refractivity contribution in [1.29, 1.82) is 0 Å². The average molecular weight is 460 g/mol. The summed E-state index contributed by atoms with van der Waals surface area (Å²) in [7, 11) is 1.01. The second-order valence-corrected chi connectivity index (χ2v) is 10.8. The molecule has 2 aliphatic heterocycles. The quantitative estimate of drug-likeness (QED) is 0.646. The molecule has 8 nitrogen and oxygen atoms in total. The molecule has 2 fully saturated rings. The highest BCUT2D eigenvalue weighted by molar-refractivity contribution is 6.62. The SMILES string of the molecule is COc1cc(B2OC(C)(C)C(C)(C)O2)ccc1C(=O)N1CCN(C(=O)OC(C)(C)C)[C@@H](C)C1. The van der Waals surface area contributed by atoms with Crippen LogP contribution in [-0.2, 0) is 14.0 Å². The van der Waals surface area contributed by atoms with Gasteiger partial charge < -0.3 is 28.6 Å². The van der Waals surface area contributed by atoms with Gasteiger partial charge in [-0.3, -0.25) is 4.79 Å². The number of hydrogen-bond donors (Lipinski definition) is 0. The Morgan fingerprint density at radius 2 is 1.70 bits per heavy atom. The molecule has 9 heteroatoms. The van der Waals surface area contributed by atoms with Gasteiger partial charge in [-0.05, 0) is 73.0 Å². The third kappa shape index (κ3) is 5.30. The second kappa shape index (κ2) is 8.83. The number of carbonyl (C=O) groups is 2. The van der Waals surface area contributed by atoms with Crippen molar-refractivity contribution in [3.05, 3.63) is 23.8 Å². The maximum Gasteiger partial charge on any atom is 0.494 e. The van der Waals surface area contributed by atoms with E-state index in [9.17, 15) is 9.59 Å². The van der Waals surface area contributed by atoms with Crippen LogP contribution in [0.5, 0.6) is 5.75 Å². The molecule has 33 heavy (non-hydrogen) atoms. The van der Waals surface area contributed by atoms with Gasteiger partial charge in [-0.15, -0.1) is 0 Å². The molecule has 0 spiro atoms. The maximum atomic E-state index is 13.3. The summed E-state index contributed by atoms with van der Waals surface area (Å²) in [4.78, 5) is 29.2. The van der Waals surface area contributed by atoms with Gasteiger partial charge >= 0.3 is 13.2 Å². The van der Waals surface area contributed by atoms with Gasteiger partial charge in [0.15, 0.2) is 0 Å². The van der Waals surface area contributed by atoms with Crippen molar-refractivity contribution in [3.63, 3.8) is 0 Å². The van der Waals surface area contributed by atoms with Crippen LogP contribution in [0.3, 0.4) is 0 Å². The highest BCUT2D eigenvalue weighted by Crippen LogP contribution is 2.37. The Kier molecular flexibility index (Phi) is 6.79. The number of benzene rings is 1. The molecule has 2 amide bonds. The van der Waals surface area contributed by atoms with E-state index < -0.39 is 23.9 Å². The second-order valence-electron chi connectivity index (χ2n) is 10.8. The Morgan fingerprint density at radius 3 is 2.21 bits per heavy atom. The van der Waals surface area contributed by atoms with Gasteiger partial charge in [0.2, 0.25) is 0 Å². The van der Waals surface area contributed by atoms with Crippen LogP contribution in [0.4, 0.5) is 4.79 Å². The lowest BCUT2D eigenvalue weighted by Crippen LogP contribution is -2.56. The standard InChI is InChI=1S/C24H37BN2O6/c1-16-15-26(12-13-27(16)21(29)31-22(2,3)4)20(28)18-11-10-17(14-19(18)30-9)25-32-23(5,6)24(7,8)33-25/h10-11,14,16H,12-13,15H2,1-9H3/t16-/m0/s1. The Balaban J connectivity index is 1.73. The highest BCUT2D eigenvalue weighted by Gasteiger charge is 2.51. The summed E-state index contributed by atoms with van der Waals surface area (Å²) in [6, 6.07) is 5.24. The number of methoxy groups -OCH3 is 1. The molecular weight excluding hydrogens is 423 g/mol. The molecule has 0 saturated carbocycles. The first kappa shape index (κ1) is 25.4. The van der Waals surface area contributed by atoms with Crippen LogP contribution in [0.1, 0.15) is 65.7 Å². The fourth-order valence-corrected chi connectivity index (χ4v) is 3.91. The van der Waals surface area contributed by atoms with Crippen LogP contribution in [0.15, 0.2) is 18.2 Å². The minimum atomic E-state index is -0.559. The molecule has 0 unspecified atom stereocenters. The Bertz CT molecular complexity index is 895. The Morgan fingerprint density at radius 1 is 1.09 bits per heavy atom. The minimum Gasteiger partial charge on any atom is -0.496 e. The van der Waals surface area contributed by atoms with E-state index in [1.54, 1.807) is 29.0 Å². The van der Waals surface area contributed by atoms with E-state index in [2.05, 4.69) is 0 Å². The fourth-order valence-electron chi connectivity index (χ4n) is 3.91. The summed E-state index contributed by atoms with van der Waals surface area (Å²) < 4.78 is 23.3. The van der Waals surface area contributed by atoms with Gasteiger partial charge in [-0.2, -0.15) is 0 Å². The first-order valence-corrected chi connectivity index (χ1v) is 11.5. The monoisotopic (exact) mass is 460 g/mol. The highest BCUT2D eigenvalue weighted by atomic mass is 16.7. The normalized spacial score (nSPS) is 22.3. The average Bonchev–Trinajstić information content (AvgIpc) is 2.92. The topological polar surface area (TPSA) is 77.5 Å². The summed E-state index contributed by atoms with van der Waals surface area (Å²) in [6.07, 6.45) is -0.355. The van der Waals surface area contributed by atoms with Gasteiger partial charge in [0, 0.05) is 25.7 Å². The van der Waals surface area contributed by atoms with Crippen molar-refractivity contribution in [2.75, 3.05) is 26.7 Å². The van der Waals surface area contributed by atoms with E-state index in [-0.39, 0.29) is 18.0 Å². The van der Waals surface area contributed by atoms with Gasteiger partial charge in [0.05, 0.1) is 23.9 Å². The zero-order valence-electron chi connectivity index (χ0n) is 21.4. The molecule has 182 valence electrons. The summed E-state index contributed by atoms with van der Waals surface area (Å²) in [6.45, 7) is 16.7. The van der Waals surface area contributed by atoms with E-state index >= 15 is 0 Å². The lowest BCUT2D eigenvalue weighted by Gasteiger charge is -2.40. The first-order valence-electron chi connectivity index (χ1n) is 11.5. The van der Waals surface area contributed by atoms with Crippen molar-refractivity contribution in [1.82, 2.24) is 9.80 Å². The Hall–Kier alpha value is -2.26. The van der Waals surface area contributed by atoms with Crippen molar-refractivity contribution in [3.8, 4) is 5.75 Å². The molecule has 0 radical (unpaired) electrons. The summed E-state index contributed by atoms with van der Waals surface area (Å²) >= 11 is 0. The maximum absolute atomic E-state index is 13.3. The molecule has 0 bridgehead atoms. The molecule has 0 N–H and O–H groups in total. The molecule has 0 aromatic heterocycles. The zero-order valence-corrected chi connectivity index (χ0v) is 21.4. The molecule has 2 saturated heterocycles. The van der Waals surface area contributed by atoms with Gasteiger partial charge in [-0.1, -0.05) is 6.07 Å². The van der Waals surface area contributed by atoms with E-state index in [1.165, 1.54) is 0 Å². The fraction of sp³-hybridized carbons (Fsp3) is 0.667. The summed E-state index contributed by atoms with van der Waals surface area (Å²) in [5.41, 5.74) is -0.205. The number of piperazine rings is 1. The van der Waals surface area contributed by atoms with E-state index in [1.807, 2.05) is 61.5 Å². The Labute approximate surface area is 197 Å². The predicted molar refractivity (Wildman–Crippen MR) is 127 cm³/mol. The minimum absolute atomic E-state index is 0.136. The van der Waals surface area contributed by atoms with E-state index in [0.717, 1.165) is 5.46 Å². The third-order valence-electron chi connectivity index (χ3n) is 6.52. The summed E-state index contributed by atoms with van der Waals surface area (Å²) in [5.74, 6) is 0.331. The number of hydrogen-bond acceptors (Lipinski definition) is 6. The van der Waals surface area contributed by atoms with Crippen molar-refractivity contribution < 1.29 is 28.4 Å². The number of carbonyl (C=O) groups excluding carboxylic acids is 2. The van der Waals surface area contributed by atoms with Crippen molar-refractivity contribution >= 4 is 24.6 Å². The molecule has 2 aliphatic rings. The molecule has 0 aliphatic carbocycles. The van der Waals surface area contributed by atoms with Gasteiger partial charge in [0.25, 0.3) is 5.91 Å². The predicted octanol–water partition coefficient (Wildman–Crippen LogP) is 3.08. The smallest absolute Gasteiger partial charge is 0.494 e. The number of amides is 2. The molecule has 1 atom stereocenters. The summed E-state index contributed by atoms with van der Waals surface area (Å²) in [5, 5.41) is 0. The zero-order chi connectivity index (χ0) is 24.8. The molecule has 2 heterocycles. The van der Waals surface area contributed by atoms with Crippen molar-refractivity contribution in [2.24, 2.45) is 0 Å².